The third kappa shape index (κ3) is 3.49. The minimum atomic E-state index is 0.193. The van der Waals surface area contributed by atoms with Crippen LogP contribution in [0.5, 0.6) is 0 Å². The first kappa shape index (κ1) is 13.5. The minimum absolute atomic E-state index is 0.193. The molecule has 0 amide bonds. The van der Waals surface area contributed by atoms with Gasteiger partial charge < -0.3 is 5.73 Å². The molecule has 0 aromatic carbocycles. The molecule has 1 unspecified atom stereocenters. The Morgan fingerprint density at radius 1 is 1.44 bits per heavy atom. The van der Waals surface area contributed by atoms with Crippen molar-refractivity contribution in [1.29, 1.82) is 0 Å². The quantitative estimate of drug-likeness (QED) is 0.781. The molecule has 1 aromatic rings. The lowest BCUT2D eigenvalue weighted by atomic mass is 10.0. The highest BCUT2D eigenvalue weighted by atomic mass is 35.5. The van der Waals surface area contributed by atoms with E-state index >= 15 is 0 Å². The summed E-state index contributed by atoms with van der Waals surface area (Å²) in [6, 6.07) is 0.193. The number of aromatic nitrogens is 2. The SMILES string of the molecule is CCCCCC(N)Cc1c(Cl)c(C)nn1C. The van der Waals surface area contributed by atoms with Gasteiger partial charge in [0.15, 0.2) is 0 Å². The normalized spacial score (nSPS) is 13.1. The van der Waals surface area contributed by atoms with Crippen molar-refractivity contribution in [2.75, 3.05) is 0 Å². The van der Waals surface area contributed by atoms with Gasteiger partial charge in [0.2, 0.25) is 0 Å². The van der Waals surface area contributed by atoms with E-state index in [1.807, 2.05) is 18.7 Å². The molecule has 92 valence electrons. The van der Waals surface area contributed by atoms with Crippen molar-refractivity contribution in [2.24, 2.45) is 12.8 Å². The smallest absolute Gasteiger partial charge is 0.0847 e. The Kier molecular flexibility index (Phi) is 5.29. The van der Waals surface area contributed by atoms with Crippen LogP contribution in [0.3, 0.4) is 0 Å². The van der Waals surface area contributed by atoms with Gasteiger partial charge in [-0.3, -0.25) is 4.68 Å². The molecule has 0 radical (unpaired) electrons. The van der Waals surface area contributed by atoms with Crippen LogP contribution < -0.4 is 5.73 Å². The molecular weight excluding hydrogens is 222 g/mol. The molecule has 0 aliphatic heterocycles. The highest BCUT2D eigenvalue weighted by Crippen LogP contribution is 2.21. The first-order chi connectivity index (χ1) is 7.56. The Morgan fingerprint density at radius 3 is 2.62 bits per heavy atom. The van der Waals surface area contributed by atoms with E-state index < -0.39 is 0 Å². The summed E-state index contributed by atoms with van der Waals surface area (Å²) in [4.78, 5) is 0. The second-order valence-corrected chi connectivity index (χ2v) is 4.81. The summed E-state index contributed by atoms with van der Waals surface area (Å²) in [5, 5.41) is 5.06. The highest BCUT2D eigenvalue weighted by molar-refractivity contribution is 6.31. The second-order valence-electron chi connectivity index (χ2n) is 4.43. The maximum Gasteiger partial charge on any atom is 0.0847 e. The van der Waals surface area contributed by atoms with E-state index in [0.717, 1.165) is 29.3 Å². The van der Waals surface area contributed by atoms with Gasteiger partial charge in [-0.1, -0.05) is 37.8 Å². The van der Waals surface area contributed by atoms with E-state index in [9.17, 15) is 0 Å². The van der Waals surface area contributed by atoms with Crippen LogP contribution in [0.25, 0.3) is 0 Å². The Morgan fingerprint density at radius 2 is 2.12 bits per heavy atom. The molecule has 0 aliphatic rings. The molecular formula is C12H22ClN3. The number of halogens is 1. The van der Waals surface area contributed by atoms with E-state index in [1.165, 1.54) is 19.3 Å². The van der Waals surface area contributed by atoms with Crippen LogP contribution >= 0.6 is 11.6 Å². The molecule has 0 saturated carbocycles. The zero-order valence-electron chi connectivity index (χ0n) is 10.5. The van der Waals surface area contributed by atoms with Gasteiger partial charge in [0, 0.05) is 19.5 Å². The Hall–Kier alpha value is -0.540. The minimum Gasteiger partial charge on any atom is -0.327 e. The monoisotopic (exact) mass is 243 g/mol. The molecule has 1 heterocycles. The average Bonchev–Trinajstić information content (AvgIpc) is 2.46. The standard InChI is InChI=1S/C12H22ClN3/c1-4-5-6-7-10(14)8-11-12(13)9(2)15-16(11)3/h10H,4-8,14H2,1-3H3. The van der Waals surface area contributed by atoms with Crippen LogP contribution in [0.2, 0.25) is 5.02 Å². The molecule has 0 fully saturated rings. The summed E-state index contributed by atoms with van der Waals surface area (Å²) in [7, 11) is 1.92. The number of nitrogens with two attached hydrogens (primary N) is 1. The molecule has 0 bridgehead atoms. The van der Waals surface area contributed by atoms with Gasteiger partial charge >= 0.3 is 0 Å². The van der Waals surface area contributed by atoms with Crippen molar-refractivity contribution >= 4 is 11.6 Å². The third-order valence-electron chi connectivity index (χ3n) is 2.90. The first-order valence-corrected chi connectivity index (χ1v) is 6.37. The van der Waals surface area contributed by atoms with Gasteiger partial charge in [-0.05, 0) is 13.3 Å². The third-order valence-corrected chi connectivity index (χ3v) is 3.39. The maximum atomic E-state index is 6.18. The van der Waals surface area contributed by atoms with Gasteiger partial charge in [-0.2, -0.15) is 5.10 Å². The summed E-state index contributed by atoms with van der Waals surface area (Å²) in [5.41, 5.74) is 8.04. The van der Waals surface area contributed by atoms with Crippen molar-refractivity contribution in [3.63, 3.8) is 0 Å². The summed E-state index contributed by atoms with van der Waals surface area (Å²) >= 11 is 6.18. The molecule has 1 atom stereocenters. The highest BCUT2D eigenvalue weighted by Gasteiger charge is 2.14. The van der Waals surface area contributed by atoms with E-state index in [-0.39, 0.29) is 6.04 Å². The van der Waals surface area contributed by atoms with Crippen molar-refractivity contribution in [3.05, 3.63) is 16.4 Å². The van der Waals surface area contributed by atoms with Gasteiger partial charge in [0.05, 0.1) is 16.4 Å². The maximum absolute atomic E-state index is 6.18. The van der Waals surface area contributed by atoms with Crippen molar-refractivity contribution in [3.8, 4) is 0 Å². The van der Waals surface area contributed by atoms with Crippen LogP contribution in [-0.4, -0.2) is 15.8 Å². The average molecular weight is 244 g/mol. The molecule has 1 aromatic heterocycles. The fraction of sp³-hybridized carbons (Fsp3) is 0.750. The topological polar surface area (TPSA) is 43.8 Å². The Labute approximate surface area is 103 Å². The molecule has 0 spiro atoms. The van der Waals surface area contributed by atoms with Crippen molar-refractivity contribution < 1.29 is 0 Å². The molecule has 1 rings (SSSR count). The Bertz CT molecular complexity index is 333. The largest absolute Gasteiger partial charge is 0.327 e. The van der Waals surface area contributed by atoms with E-state index in [4.69, 9.17) is 17.3 Å². The number of rotatable bonds is 6. The molecule has 2 N–H and O–H groups in total. The number of hydrogen-bond acceptors (Lipinski definition) is 2. The van der Waals surface area contributed by atoms with Gasteiger partial charge in [-0.25, -0.2) is 0 Å². The predicted molar refractivity (Wildman–Crippen MR) is 68.8 cm³/mol. The molecule has 16 heavy (non-hydrogen) atoms. The van der Waals surface area contributed by atoms with Crippen LogP contribution in [0, 0.1) is 6.92 Å². The molecule has 3 nitrogen and oxygen atoms in total. The molecule has 4 heteroatoms. The lowest BCUT2D eigenvalue weighted by molar-refractivity contribution is 0.539. The summed E-state index contributed by atoms with van der Waals surface area (Å²) in [6.07, 6.45) is 5.57. The van der Waals surface area contributed by atoms with Crippen LogP contribution in [0.4, 0.5) is 0 Å². The lowest BCUT2D eigenvalue weighted by Gasteiger charge is -2.11. The summed E-state index contributed by atoms with van der Waals surface area (Å²) < 4.78 is 1.84. The zero-order valence-corrected chi connectivity index (χ0v) is 11.2. The van der Waals surface area contributed by atoms with Gasteiger partial charge in [-0.15, -0.1) is 0 Å². The van der Waals surface area contributed by atoms with E-state index in [2.05, 4.69) is 12.0 Å². The van der Waals surface area contributed by atoms with Crippen LogP contribution in [0.15, 0.2) is 0 Å². The predicted octanol–water partition coefficient (Wildman–Crippen LogP) is 2.83. The van der Waals surface area contributed by atoms with Crippen LogP contribution in [-0.2, 0) is 13.5 Å². The molecule has 0 aliphatic carbocycles. The van der Waals surface area contributed by atoms with Gasteiger partial charge in [0.25, 0.3) is 0 Å². The zero-order chi connectivity index (χ0) is 12.1. The Balaban J connectivity index is 2.52. The number of unbranched alkanes of at least 4 members (excludes halogenated alkanes) is 2. The van der Waals surface area contributed by atoms with Crippen molar-refractivity contribution in [2.45, 2.75) is 52.0 Å². The number of nitrogens with zero attached hydrogens (tertiary/aromatic N) is 2. The second kappa shape index (κ2) is 6.26. The van der Waals surface area contributed by atoms with Gasteiger partial charge in [0.1, 0.15) is 0 Å². The lowest BCUT2D eigenvalue weighted by Crippen LogP contribution is -2.24. The first-order valence-electron chi connectivity index (χ1n) is 5.99. The number of aryl methyl sites for hydroxylation is 2. The number of hydrogen-bond donors (Lipinski definition) is 1. The molecule has 0 saturated heterocycles. The fourth-order valence-electron chi connectivity index (χ4n) is 1.91. The van der Waals surface area contributed by atoms with Crippen LogP contribution in [0.1, 0.15) is 44.0 Å². The summed E-state index contributed by atoms with van der Waals surface area (Å²) in [5.74, 6) is 0. The summed E-state index contributed by atoms with van der Waals surface area (Å²) in [6.45, 7) is 4.13. The van der Waals surface area contributed by atoms with Crippen molar-refractivity contribution in [1.82, 2.24) is 9.78 Å². The van der Waals surface area contributed by atoms with E-state index in [1.54, 1.807) is 0 Å². The van der Waals surface area contributed by atoms with E-state index in [0.29, 0.717) is 0 Å². The fourth-order valence-corrected chi connectivity index (χ4v) is 2.15.